The molecule has 1 aromatic carbocycles. The van der Waals surface area contributed by atoms with Gasteiger partial charge in [-0.05, 0) is 43.3 Å². The van der Waals surface area contributed by atoms with Crippen LogP contribution in [0, 0.1) is 0 Å². The summed E-state index contributed by atoms with van der Waals surface area (Å²) in [6.07, 6.45) is 1.55. The summed E-state index contributed by atoms with van der Waals surface area (Å²) in [5.74, 6) is -0.868. The summed E-state index contributed by atoms with van der Waals surface area (Å²) in [5.41, 5.74) is 1.37. The van der Waals surface area contributed by atoms with E-state index in [1.807, 2.05) is 0 Å². The third kappa shape index (κ3) is 4.36. The third-order valence-corrected chi connectivity index (χ3v) is 3.17. The predicted octanol–water partition coefficient (Wildman–Crippen LogP) is 2.45. The number of aromatic nitrogens is 1. The molecule has 0 bridgehead atoms. The summed E-state index contributed by atoms with van der Waals surface area (Å²) in [4.78, 5) is 39.4. The van der Waals surface area contributed by atoms with Crippen molar-refractivity contribution >= 4 is 23.3 Å². The fourth-order valence-electron chi connectivity index (χ4n) is 1.93. The molecule has 2 amide bonds. The first-order valence-corrected chi connectivity index (χ1v) is 7.30. The van der Waals surface area contributed by atoms with Gasteiger partial charge in [-0.15, -0.1) is 6.58 Å². The second kappa shape index (κ2) is 7.82. The predicted molar refractivity (Wildman–Crippen MR) is 91.2 cm³/mol. The molecule has 2 N–H and O–H groups in total. The van der Waals surface area contributed by atoms with Crippen molar-refractivity contribution in [3.8, 4) is 0 Å². The van der Waals surface area contributed by atoms with E-state index < -0.39 is 5.91 Å². The van der Waals surface area contributed by atoms with Gasteiger partial charge in [0.1, 0.15) is 11.4 Å². The van der Waals surface area contributed by atoms with Crippen LogP contribution in [-0.2, 0) is 0 Å². The zero-order valence-corrected chi connectivity index (χ0v) is 13.2. The van der Waals surface area contributed by atoms with E-state index in [1.54, 1.807) is 36.4 Å². The Balaban J connectivity index is 2.10. The molecule has 0 saturated carbocycles. The molecule has 0 spiro atoms. The minimum absolute atomic E-state index is 0.0484. The normalized spacial score (nSPS) is 9.88. The van der Waals surface area contributed by atoms with Gasteiger partial charge >= 0.3 is 0 Å². The van der Waals surface area contributed by atoms with Gasteiger partial charge in [-0.25, -0.2) is 4.98 Å². The number of nitrogens with zero attached hydrogens (tertiary/aromatic N) is 1. The van der Waals surface area contributed by atoms with Crippen LogP contribution < -0.4 is 10.6 Å². The monoisotopic (exact) mass is 323 g/mol. The van der Waals surface area contributed by atoms with Gasteiger partial charge in [0.05, 0.1) is 0 Å². The summed E-state index contributed by atoms with van der Waals surface area (Å²) in [6.45, 7) is 5.31. The molecule has 0 radical (unpaired) electrons. The van der Waals surface area contributed by atoms with Gasteiger partial charge in [0.15, 0.2) is 5.78 Å². The molecule has 24 heavy (non-hydrogen) atoms. The molecule has 6 heteroatoms. The molecule has 1 heterocycles. The van der Waals surface area contributed by atoms with E-state index in [2.05, 4.69) is 22.2 Å². The number of nitrogens with one attached hydrogen (secondary N) is 2. The number of Topliss-reactive ketones (excluding diaryl/α,β-unsaturated/α-hetero) is 1. The number of carbonyl (C=O) groups is 3. The van der Waals surface area contributed by atoms with Crippen molar-refractivity contribution in [2.45, 2.75) is 6.92 Å². The topological polar surface area (TPSA) is 88.2 Å². The van der Waals surface area contributed by atoms with E-state index in [1.165, 1.54) is 19.1 Å². The average Bonchev–Trinajstić information content (AvgIpc) is 2.60. The van der Waals surface area contributed by atoms with Crippen molar-refractivity contribution in [3.63, 3.8) is 0 Å². The smallest absolute Gasteiger partial charge is 0.274 e. The van der Waals surface area contributed by atoms with Crippen LogP contribution in [0.5, 0.6) is 0 Å². The largest absolute Gasteiger partial charge is 0.347 e. The van der Waals surface area contributed by atoms with Crippen LogP contribution in [0.2, 0.25) is 0 Å². The zero-order chi connectivity index (χ0) is 17.5. The number of ketones is 1. The van der Waals surface area contributed by atoms with E-state index in [4.69, 9.17) is 0 Å². The van der Waals surface area contributed by atoms with Crippen LogP contribution in [0.4, 0.5) is 5.69 Å². The number of benzene rings is 1. The van der Waals surface area contributed by atoms with E-state index in [0.717, 1.165) is 0 Å². The summed E-state index contributed by atoms with van der Waals surface area (Å²) in [6, 6.07) is 11.2. The van der Waals surface area contributed by atoms with Crippen LogP contribution in [0.1, 0.15) is 38.3 Å². The second-order valence-electron chi connectivity index (χ2n) is 4.99. The molecule has 1 aromatic heterocycles. The molecule has 2 rings (SSSR count). The Morgan fingerprint density at radius 2 is 1.67 bits per heavy atom. The number of anilines is 1. The van der Waals surface area contributed by atoms with Gasteiger partial charge in [0.2, 0.25) is 0 Å². The van der Waals surface area contributed by atoms with Crippen molar-refractivity contribution in [2.24, 2.45) is 0 Å². The summed E-state index contributed by atoms with van der Waals surface area (Å²) >= 11 is 0. The van der Waals surface area contributed by atoms with Gasteiger partial charge in [0, 0.05) is 17.8 Å². The maximum absolute atomic E-state index is 12.2. The van der Waals surface area contributed by atoms with E-state index in [-0.39, 0.29) is 23.1 Å². The molecule has 0 unspecified atom stereocenters. The number of carbonyl (C=O) groups excluding carboxylic acids is 3. The Hall–Kier alpha value is -3.28. The molecule has 6 nitrogen and oxygen atoms in total. The Kier molecular flexibility index (Phi) is 5.57. The molecule has 0 aliphatic carbocycles. The van der Waals surface area contributed by atoms with Crippen molar-refractivity contribution in [2.75, 3.05) is 11.9 Å². The quantitative estimate of drug-likeness (QED) is 0.631. The van der Waals surface area contributed by atoms with Crippen molar-refractivity contribution in [1.82, 2.24) is 10.3 Å². The van der Waals surface area contributed by atoms with Gasteiger partial charge in [-0.1, -0.05) is 12.1 Å². The van der Waals surface area contributed by atoms with Crippen LogP contribution in [-0.4, -0.2) is 29.1 Å². The van der Waals surface area contributed by atoms with Gasteiger partial charge < -0.3 is 10.6 Å². The van der Waals surface area contributed by atoms with Crippen LogP contribution in [0.3, 0.4) is 0 Å². The first kappa shape index (κ1) is 17.1. The highest BCUT2D eigenvalue weighted by atomic mass is 16.2. The van der Waals surface area contributed by atoms with Crippen LogP contribution >= 0.6 is 0 Å². The average molecular weight is 323 g/mol. The Labute approximate surface area is 139 Å². The number of rotatable bonds is 6. The summed E-state index contributed by atoms with van der Waals surface area (Å²) < 4.78 is 0. The first-order chi connectivity index (χ1) is 11.5. The van der Waals surface area contributed by atoms with E-state index in [9.17, 15) is 14.4 Å². The SMILES string of the molecule is C=CCNC(=O)c1cccc(C(=O)Nc2ccc(C(C)=O)cc2)n1. The number of pyridine rings is 1. The summed E-state index contributed by atoms with van der Waals surface area (Å²) in [5, 5.41) is 5.27. The van der Waals surface area contributed by atoms with E-state index >= 15 is 0 Å². The highest BCUT2D eigenvalue weighted by molar-refractivity contribution is 6.04. The minimum atomic E-state index is -0.441. The molecule has 0 aliphatic rings. The molecule has 0 aliphatic heterocycles. The Morgan fingerprint density at radius 1 is 1.04 bits per heavy atom. The van der Waals surface area contributed by atoms with Crippen molar-refractivity contribution < 1.29 is 14.4 Å². The molecule has 2 aromatic rings. The van der Waals surface area contributed by atoms with Gasteiger partial charge in [-0.2, -0.15) is 0 Å². The van der Waals surface area contributed by atoms with Crippen molar-refractivity contribution in [3.05, 3.63) is 72.1 Å². The van der Waals surface area contributed by atoms with Gasteiger partial charge in [0.25, 0.3) is 11.8 Å². The highest BCUT2D eigenvalue weighted by Crippen LogP contribution is 2.11. The number of hydrogen-bond donors (Lipinski definition) is 2. The molecule has 0 atom stereocenters. The Morgan fingerprint density at radius 3 is 2.25 bits per heavy atom. The minimum Gasteiger partial charge on any atom is -0.347 e. The number of hydrogen-bond acceptors (Lipinski definition) is 4. The van der Waals surface area contributed by atoms with Crippen molar-refractivity contribution in [1.29, 1.82) is 0 Å². The highest BCUT2D eigenvalue weighted by Gasteiger charge is 2.12. The fraction of sp³-hybridized carbons (Fsp3) is 0.111. The number of amides is 2. The van der Waals surface area contributed by atoms with Gasteiger partial charge in [-0.3, -0.25) is 14.4 Å². The molecular weight excluding hydrogens is 306 g/mol. The standard InChI is InChI=1S/C18H17N3O3/c1-3-11-19-17(23)15-5-4-6-16(21-15)18(24)20-14-9-7-13(8-10-14)12(2)22/h3-10H,1,11H2,2H3,(H,19,23)(H,20,24). The third-order valence-electron chi connectivity index (χ3n) is 3.17. The summed E-state index contributed by atoms with van der Waals surface area (Å²) in [7, 11) is 0. The maximum atomic E-state index is 12.2. The molecular formula is C18H17N3O3. The Bertz CT molecular complexity index is 782. The lowest BCUT2D eigenvalue weighted by atomic mass is 10.1. The van der Waals surface area contributed by atoms with E-state index in [0.29, 0.717) is 17.8 Å². The molecule has 0 fully saturated rings. The fourth-order valence-corrected chi connectivity index (χ4v) is 1.93. The molecule has 0 saturated heterocycles. The van der Waals surface area contributed by atoms with Crippen LogP contribution in [0.25, 0.3) is 0 Å². The lowest BCUT2D eigenvalue weighted by molar-refractivity contribution is 0.0951. The van der Waals surface area contributed by atoms with Crippen LogP contribution in [0.15, 0.2) is 55.1 Å². The maximum Gasteiger partial charge on any atom is 0.274 e. The zero-order valence-electron chi connectivity index (χ0n) is 13.2. The second-order valence-corrected chi connectivity index (χ2v) is 4.99. The molecule has 122 valence electrons. The lowest BCUT2D eigenvalue weighted by Gasteiger charge is -2.07. The first-order valence-electron chi connectivity index (χ1n) is 7.30. The lowest BCUT2D eigenvalue weighted by Crippen LogP contribution is -2.25.